The zero-order valence-corrected chi connectivity index (χ0v) is 9.99. The smallest absolute Gasteiger partial charge is 0.231 e. The van der Waals surface area contributed by atoms with Crippen molar-refractivity contribution < 1.29 is 14.2 Å². The van der Waals surface area contributed by atoms with Crippen molar-refractivity contribution in [1.29, 1.82) is 0 Å². The molecule has 92 valence electrons. The Morgan fingerprint density at radius 2 is 2.18 bits per heavy atom. The van der Waals surface area contributed by atoms with Gasteiger partial charge in [0.15, 0.2) is 11.5 Å². The molecule has 0 bridgehead atoms. The van der Waals surface area contributed by atoms with Gasteiger partial charge in [-0.15, -0.1) is 0 Å². The van der Waals surface area contributed by atoms with E-state index in [2.05, 4.69) is 11.4 Å². The van der Waals surface area contributed by atoms with Crippen LogP contribution in [0.3, 0.4) is 0 Å². The van der Waals surface area contributed by atoms with Crippen molar-refractivity contribution in [3.63, 3.8) is 0 Å². The third-order valence-corrected chi connectivity index (χ3v) is 3.63. The van der Waals surface area contributed by atoms with Crippen molar-refractivity contribution in [1.82, 2.24) is 5.32 Å². The van der Waals surface area contributed by atoms with Crippen molar-refractivity contribution in [2.45, 2.75) is 18.4 Å². The first-order valence-electron chi connectivity index (χ1n) is 6.00. The number of hydrogen-bond acceptors (Lipinski definition) is 4. The fourth-order valence-corrected chi connectivity index (χ4v) is 2.60. The fraction of sp³-hybridized carbons (Fsp3) is 0.538. The van der Waals surface area contributed by atoms with Crippen LogP contribution >= 0.6 is 0 Å². The monoisotopic (exact) mass is 235 g/mol. The molecule has 0 aliphatic carbocycles. The fourth-order valence-electron chi connectivity index (χ4n) is 2.60. The van der Waals surface area contributed by atoms with Crippen molar-refractivity contribution in [2.24, 2.45) is 0 Å². The molecule has 3 rings (SSSR count). The SMILES string of the molecule is COC1(c2ccc3c(c2)OCO3)CCCNC1. The first-order valence-corrected chi connectivity index (χ1v) is 6.00. The lowest BCUT2D eigenvalue weighted by Crippen LogP contribution is -2.44. The molecule has 1 saturated heterocycles. The molecule has 0 aromatic heterocycles. The number of hydrogen-bond donors (Lipinski definition) is 1. The van der Waals surface area contributed by atoms with Crippen molar-refractivity contribution in [3.8, 4) is 11.5 Å². The van der Waals surface area contributed by atoms with Crippen LogP contribution in [0.5, 0.6) is 11.5 Å². The summed E-state index contributed by atoms with van der Waals surface area (Å²) in [5, 5.41) is 3.40. The van der Waals surface area contributed by atoms with E-state index in [4.69, 9.17) is 14.2 Å². The maximum Gasteiger partial charge on any atom is 0.231 e. The second-order valence-corrected chi connectivity index (χ2v) is 4.55. The second kappa shape index (κ2) is 4.20. The maximum atomic E-state index is 5.77. The summed E-state index contributed by atoms with van der Waals surface area (Å²) in [5.74, 6) is 1.65. The Kier molecular flexibility index (Phi) is 2.68. The van der Waals surface area contributed by atoms with Gasteiger partial charge in [0.1, 0.15) is 5.60 Å². The largest absolute Gasteiger partial charge is 0.454 e. The van der Waals surface area contributed by atoms with Crippen LogP contribution in [-0.4, -0.2) is 27.0 Å². The quantitative estimate of drug-likeness (QED) is 0.846. The van der Waals surface area contributed by atoms with Gasteiger partial charge in [-0.1, -0.05) is 6.07 Å². The van der Waals surface area contributed by atoms with E-state index < -0.39 is 0 Å². The molecule has 0 saturated carbocycles. The van der Waals surface area contributed by atoms with Crippen LogP contribution in [0.15, 0.2) is 18.2 Å². The molecule has 0 spiro atoms. The van der Waals surface area contributed by atoms with E-state index in [0.29, 0.717) is 6.79 Å². The van der Waals surface area contributed by atoms with Gasteiger partial charge < -0.3 is 19.5 Å². The average molecular weight is 235 g/mol. The van der Waals surface area contributed by atoms with E-state index in [0.717, 1.165) is 43.0 Å². The summed E-state index contributed by atoms with van der Waals surface area (Å²) in [6.07, 6.45) is 2.17. The lowest BCUT2D eigenvalue weighted by molar-refractivity contribution is -0.0334. The normalized spacial score (nSPS) is 27.1. The summed E-state index contributed by atoms with van der Waals surface area (Å²) in [5.41, 5.74) is 0.940. The Hall–Kier alpha value is -1.26. The van der Waals surface area contributed by atoms with Crippen LogP contribution in [0.2, 0.25) is 0 Å². The van der Waals surface area contributed by atoms with Gasteiger partial charge in [-0.3, -0.25) is 0 Å². The molecule has 2 aliphatic rings. The number of methoxy groups -OCH3 is 1. The predicted octanol–water partition coefficient (Wildman–Crippen LogP) is 1.64. The Morgan fingerprint density at radius 1 is 1.29 bits per heavy atom. The minimum atomic E-state index is -0.223. The molecule has 4 nitrogen and oxygen atoms in total. The summed E-state index contributed by atoms with van der Waals surface area (Å²) >= 11 is 0. The van der Waals surface area contributed by atoms with Crippen molar-refractivity contribution in [3.05, 3.63) is 23.8 Å². The van der Waals surface area contributed by atoms with Crippen LogP contribution in [0.1, 0.15) is 18.4 Å². The van der Waals surface area contributed by atoms with Gasteiger partial charge >= 0.3 is 0 Å². The predicted molar refractivity (Wildman–Crippen MR) is 63.4 cm³/mol. The Balaban J connectivity index is 1.96. The van der Waals surface area contributed by atoms with Crippen LogP contribution in [0.25, 0.3) is 0 Å². The molecule has 0 radical (unpaired) electrons. The number of piperidine rings is 1. The Bertz CT molecular complexity index is 413. The molecule has 1 fully saturated rings. The van der Waals surface area contributed by atoms with Crippen LogP contribution in [0.4, 0.5) is 0 Å². The van der Waals surface area contributed by atoms with Gasteiger partial charge in [-0.2, -0.15) is 0 Å². The van der Waals surface area contributed by atoms with Crippen molar-refractivity contribution in [2.75, 3.05) is 27.0 Å². The third kappa shape index (κ3) is 1.77. The Labute approximate surface area is 101 Å². The van der Waals surface area contributed by atoms with Gasteiger partial charge in [-0.05, 0) is 37.1 Å². The topological polar surface area (TPSA) is 39.7 Å². The third-order valence-electron chi connectivity index (χ3n) is 3.63. The molecule has 4 heteroatoms. The number of benzene rings is 1. The summed E-state index contributed by atoms with van der Waals surface area (Å²) in [6, 6.07) is 6.08. The summed E-state index contributed by atoms with van der Waals surface area (Å²) in [6.45, 7) is 2.23. The molecular weight excluding hydrogens is 218 g/mol. The number of ether oxygens (including phenoxy) is 3. The molecule has 2 heterocycles. The van der Waals surface area contributed by atoms with Crippen molar-refractivity contribution >= 4 is 0 Å². The highest BCUT2D eigenvalue weighted by Gasteiger charge is 2.34. The zero-order chi connectivity index (χ0) is 11.7. The first kappa shape index (κ1) is 10.9. The molecule has 2 aliphatic heterocycles. The lowest BCUT2D eigenvalue weighted by atomic mass is 9.86. The molecule has 1 unspecified atom stereocenters. The summed E-state index contributed by atoms with van der Waals surface area (Å²) in [7, 11) is 1.78. The van der Waals surface area contributed by atoms with Gasteiger partial charge in [0.05, 0.1) is 0 Å². The van der Waals surface area contributed by atoms with Gasteiger partial charge in [0.25, 0.3) is 0 Å². The minimum Gasteiger partial charge on any atom is -0.454 e. The average Bonchev–Trinajstić information content (AvgIpc) is 2.86. The minimum absolute atomic E-state index is 0.223. The van der Waals surface area contributed by atoms with E-state index in [1.807, 2.05) is 12.1 Å². The molecule has 1 aromatic rings. The van der Waals surface area contributed by atoms with Crippen LogP contribution in [-0.2, 0) is 10.3 Å². The zero-order valence-electron chi connectivity index (χ0n) is 9.99. The summed E-state index contributed by atoms with van der Waals surface area (Å²) in [4.78, 5) is 0. The van der Waals surface area contributed by atoms with E-state index >= 15 is 0 Å². The highest BCUT2D eigenvalue weighted by Crippen LogP contribution is 2.39. The van der Waals surface area contributed by atoms with E-state index in [-0.39, 0.29) is 5.60 Å². The van der Waals surface area contributed by atoms with E-state index in [1.165, 1.54) is 0 Å². The molecule has 1 aromatic carbocycles. The van der Waals surface area contributed by atoms with E-state index in [9.17, 15) is 0 Å². The van der Waals surface area contributed by atoms with Crippen LogP contribution < -0.4 is 14.8 Å². The number of rotatable bonds is 2. The molecule has 1 atom stereocenters. The lowest BCUT2D eigenvalue weighted by Gasteiger charge is -2.37. The number of nitrogens with one attached hydrogen (secondary N) is 1. The second-order valence-electron chi connectivity index (χ2n) is 4.55. The highest BCUT2D eigenvalue weighted by atomic mass is 16.7. The Morgan fingerprint density at radius 3 is 2.94 bits per heavy atom. The van der Waals surface area contributed by atoms with E-state index in [1.54, 1.807) is 7.11 Å². The standard InChI is InChI=1S/C13H17NO3/c1-15-13(5-2-6-14-8-13)10-3-4-11-12(7-10)17-9-16-11/h3-4,7,14H,2,5-6,8-9H2,1H3. The molecule has 17 heavy (non-hydrogen) atoms. The maximum absolute atomic E-state index is 5.77. The first-order chi connectivity index (χ1) is 8.34. The number of fused-ring (bicyclic) bond motifs is 1. The summed E-state index contributed by atoms with van der Waals surface area (Å²) < 4.78 is 16.5. The molecular formula is C13H17NO3. The molecule has 0 amide bonds. The van der Waals surface area contributed by atoms with Gasteiger partial charge in [0, 0.05) is 13.7 Å². The highest BCUT2D eigenvalue weighted by molar-refractivity contribution is 5.46. The van der Waals surface area contributed by atoms with Gasteiger partial charge in [0.2, 0.25) is 6.79 Å². The molecule has 1 N–H and O–H groups in total. The van der Waals surface area contributed by atoms with Crippen LogP contribution in [0, 0.1) is 0 Å². The van der Waals surface area contributed by atoms with Gasteiger partial charge in [-0.25, -0.2) is 0 Å².